The summed E-state index contributed by atoms with van der Waals surface area (Å²) in [6.45, 7) is 3.57. The van der Waals surface area contributed by atoms with Crippen LogP contribution in [0.3, 0.4) is 0 Å². The van der Waals surface area contributed by atoms with Gasteiger partial charge in [-0.3, -0.25) is 19.7 Å². The van der Waals surface area contributed by atoms with E-state index in [1.807, 2.05) is 4.90 Å². The maximum Gasteiger partial charge on any atom is 0.293 e. The van der Waals surface area contributed by atoms with E-state index in [4.69, 9.17) is 0 Å². The Morgan fingerprint density at radius 2 is 1.88 bits per heavy atom. The molecule has 11 heteroatoms. The van der Waals surface area contributed by atoms with Crippen LogP contribution in [-0.2, 0) is 11.3 Å². The summed E-state index contributed by atoms with van der Waals surface area (Å²) >= 11 is 1.22. The quantitative estimate of drug-likeness (QED) is 0.410. The molecule has 0 aliphatic carbocycles. The monoisotopic (exact) mass is 483 g/mol. The molecule has 0 bridgehead atoms. The van der Waals surface area contributed by atoms with Crippen LogP contribution in [0, 0.1) is 15.9 Å². The van der Waals surface area contributed by atoms with E-state index in [1.165, 1.54) is 36.5 Å². The summed E-state index contributed by atoms with van der Waals surface area (Å²) in [6, 6.07) is 10.6. The fourth-order valence-electron chi connectivity index (χ4n) is 3.80. The summed E-state index contributed by atoms with van der Waals surface area (Å²) in [7, 11) is 0. The Labute approximate surface area is 198 Å². The maximum atomic E-state index is 14.0. The summed E-state index contributed by atoms with van der Waals surface area (Å²) < 4.78 is 15.7. The molecule has 176 valence electrons. The molecule has 0 N–H and O–H groups in total. The Bertz CT molecular complexity index is 1310. The summed E-state index contributed by atoms with van der Waals surface area (Å²) in [6.07, 6.45) is 1.70. The second-order valence-corrected chi connectivity index (χ2v) is 8.65. The first kappa shape index (κ1) is 23.3. The van der Waals surface area contributed by atoms with Crippen LogP contribution in [0.1, 0.15) is 22.8 Å². The SMILES string of the molecule is CC(=O)N1CCN(c2ccc(C(=O)N=c3sccn3Cc3ccccc3F)cc2[N+](=O)[O-])CC1. The van der Waals surface area contributed by atoms with Crippen LogP contribution in [0.25, 0.3) is 0 Å². The topological polar surface area (TPSA) is 101 Å². The van der Waals surface area contributed by atoms with Crippen LogP contribution in [0.5, 0.6) is 0 Å². The summed E-state index contributed by atoms with van der Waals surface area (Å²) in [5.41, 5.74) is 0.751. The van der Waals surface area contributed by atoms with E-state index >= 15 is 0 Å². The number of aromatic nitrogens is 1. The van der Waals surface area contributed by atoms with Gasteiger partial charge < -0.3 is 14.4 Å². The number of rotatable bonds is 5. The Kier molecular flexibility index (Phi) is 6.82. The molecule has 0 radical (unpaired) electrons. The summed E-state index contributed by atoms with van der Waals surface area (Å²) in [5, 5.41) is 13.5. The normalized spacial score (nSPS) is 14.4. The third-order valence-corrected chi connectivity index (χ3v) is 6.43. The van der Waals surface area contributed by atoms with Gasteiger partial charge in [0.15, 0.2) is 4.80 Å². The lowest BCUT2D eigenvalue weighted by atomic mass is 10.1. The molecule has 2 heterocycles. The number of nitro groups is 1. The predicted molar refractivity (Wildman–Crippen MR) is 125 cm³/mol. The zero-order valence-electron chi connectivity index (χ0n) is 18.4. The first-order valence-electron chi connectivity index (χ1n) is 10.6. The van der Waals surface area contributed by atoms with Gasteiger partial charge in [-0.05, 0) is 18.2 Å². The minimum absolute atomic E-state index is 0.0301. The van der Waals surface area contributed by atoms with Gasteiger partial charge in [-0.1, -0.05) is 18.2 Å². The van der Waals surface area contributed by atoms with Crippen molar-refractivity contribution in [2.45, 2.75) is 13.5 Å². The molecule has 3 aromatic rings. The predicted octanol–water partition coefficient (Wildman–Crippen LogP) is 3.05. The number of piperazine rings is 1. The number of nitrogens with zero attached hydrogens (tertiary/aromatic N) is 5. The third kappa shape index (κ3) is 5.04. The third-order valence-electron chi connectivity index (χ3n) is 5.64. The lowest BCUT2D eigenvalue weighted by Gasteiger charge is -2.35. The van der Waals surface area contributed by atoms with E-state index in [1.54, 1.807) is 45.3 Å². The van der Waals surface area contributed by atoms with Gasteiger partial charge in [0.2, 0.25) is 5.91 Å². The summed E-state index contributed by atoms with van der Waals surface area (Å²) in [5.74, 6) is -1.01. The van der Waals surface area contributed by atoms with E-state index in [9.17, 15) is 24.1 Å². The van der Waals surface area contributed by atoms with Crippen molar-refractivity contribution in [3.05, 3.63) is 85.9 Å². The van der Waals surface area contributed by atoms with Crippen molar-refractivity contribution in [3.8, 4) is 0 Å². The Balaban J connectivity index is 1.58. The molecule has 1 aliphatic rings. The van der Waals surface area contributed by atoms with Crippen molar-refractivity contribution >= 4 is 34.5 Å². The molecule has 1 aliphatic heterocycles. The number of thiazole rings is 1. The number of amides is 2. The van der Waals surface area contributed by atoms with Crippen molar-refractivity contribution in [2.75, 3.05) is 31.1 Å². The van der Waals surface area contributed by atoms with Gasteiger partial charge >= 0.3 is 0 Å². The van der Waals surface area contributed by atoms with Crippen molar-refractivity contribution in [3.63, 3.8) is 0 Å². The zero-order valence-corrected chi connectivity index (χ0v) is 19.2. The second kappa shape index (κ2) is 9.96. The van der Waals surface area contributed by atoms with Crippen molar-refractivity contribution in [1.82, 2.24) is 9.47 Å². The van der Waals surface area contributed by atoms with Gasteiger partial charge in [-0.2, -0.15) is 4.99 Å². The second-order valence-electron chi connectivity index (χ2n) is 7.78. The molecule has 1 fully saturated rings. The molecule has 0 unspecified atom stereocenters. The molecule has 1 aromatic heterocycles. The van der Waals surface area contributed by atoms with E-state index in [0.29, 0.717) is 42.2 Å². The van der Waals surface area contributed by atoms with Gasteiger partial charge in [-0.15, -0.1) is 11.3 Å². The molecule has 34 heavy (non-hydrogen) atoms. The van der Waals surface area contributed by atoms with Crippen molar-refractivity contribution < 1.29 is 18.9 Å². The van der Waals surface area contributed by atoms with Gasteiger partial charge in [0.05, 0.1) is 11.5 Å². The Morgan fingerprint density at radius 3 is 2.56 bits per heavy atom. The fourth-order valence-corrected chi connectivity index (χ4v) is 4.53. The molecule has 9 nitrogen and oxygen atoms in total. The lowest BCUT2D eigenvalue weighted by Crippen LogP contribution is -2.48. The smallest absolute Gasteiger partial charge is 0.293 e. The highest BCUT2D eigenvalue weighted by molar-refractivity contribution is 7.07. The fraction of sp³-hybridized carbons (Fsp3) is 0.261. The number of carbonyl (C=O) groups excluding carboxylic acids is 2. The average Bonchev–Trinajstić information content (AvgIpc) is 3.26. The molecule has 4 rings (SSSR count). The highest BCUT2D eigenvalue weighted by Gasteiger charge is 2.26. The molecule has 0 spiro atoms. The molecular formula is C23H22FN5O4S. The lowest BCUT2D eigenvalue weighted by molar-refractivity contribution is -0.384. The first-order valence-corrected chi connectivity index (χ1v) is 11.5. The highest BCUT2D eigenvalue weighted by atomic mass is 32.1. The maximum absolute atomic E-state index is 14.0. The van der Waals surface area contributed by atoms with Gasteiger partial charge in [0, 0.05) is 61.9 Å². The molecular weight excluding hydrogens is 461 g/mol. The van der Waals surface area contributed by atoms with E-state index in [2.05, 4.69) is 4.99 Å². The number of halogens is 1. The number of benzene rings is 2. The van der Waals surface area contributed by atoms with E-state index in [-0.39, 0.29) is 29.5 Å². The van der Waals surface area contributed by atoms with E-state index < -0.39 is 10.8 Å². The first-order chi connectivity index (χ1) is 16.3. The number of hydrogen-bond acceptors (Lipinski definition) is 6. The van der Waals surface area contributed by atoms with Crippen LogP contribution in [0.15, 0.2) is 59.0 Å². The van der Waals surface area contributed by atoms with Gasteiger partial charge in [0.25, 0.3) is 11.6 Å². The number of anilines is 1. The Morgan fingerprint density at radius 1 is 1.15 bits per heavy atom. The van der Waals surface area contributed by atoms with E-state index in [0.717, 1.165) is 0 Å². The zero-order chi connectivity index (χ0) is 24.2. The van der Waals surface area contributed by atoms with Crippen LogP contribution in [0.2, 0.25) is 0 Å². The van der Waals surface area contributed by atoms with Crippen LogP contribution in [0.4, 0.5) is 15.8 Å². The van der Waals surface area contributed by atoms with Gasteiger partial charge in [0.1, 0.15) is 11.5 Å². The van der Waals surface area contributed by atoms with Gasteiger partial charge in [-0.25, -0.2) is 4.39 Å². The molecule has 2 amide bonds. The molecule has 0 saturated carbocycles. The van der Waals surface area contributed by atoms with Crippen LogP contribution >= 0.6 is 11.3 Å². The standard InChI is InChI=1S/C23H22FN5O4S/c1-16(30)26-8-10-27(11-9-26)20-7-6-17(14-21(20)29(32)33)22(31)25-23-28(12-13-34-23)15-18-4-2-3-5-19(18)24/h2-7,12-14H,8-11,15H2,1H3. The van der Waals surface area contributed by atoms with Crippen LogP contribution < -0.4 is 9.70 Å². The number of hydrogen-bond donors (Lipinski definition) is 0. The van der Waals surface area contributed by atoms with Crippen molar-refractivity contribution in [2.24, 2.45) is 4.99 Å². The molecule has 1 saturated heterocycles. The average molecular weight is 484 g/mol. The molecule has 2 aromatic carbocycles. The molecule has 0 atom stereocenters. The number of carbonyl (C=O) groups is 2. The Hall–Kier alpha value is -3.86. The highest BCUT2D eigenvalue weighted by Crippen LogP contribution is 2.30. The van der Waals surface area contributed by atoms with Crippen molar-refractivity contribution in [1.29, 1.82) is 0 Å². The largest absolute Gasteiger partial charge is 0.362 e. The van der Waals surface area contributed by atoms with Crippen LogP contribution in [-0.4, -0.2) is 52.4 Å². The number of nitro benzene ring substituents is 1. The minimum Gasteiger partial charge on any atom is -0.362 e. The minimum atomic E-state index is -0.624. The summed E-state index contributed by atoms with van der Waals surface area (Å²) in [4.78, 5) is 43.6.